The van der Waals surface area contributed by atoms with Crippen LogP contribution in [0.15, 0.2) is 0 Å². The number of nitrogens with one attached hydrogen (secondary N) is 1. The SMILES string of the molecule is CC(C)C(=O)NCCN1C(=O)CSC1=O. The van der Waals surface area contributed by atoms with Crippen molar-refractivity contribution in [2.24, 2.45) is 5.92 Å². The fraction of sp³-hybridized carbons (Fsp3) is 0.667. The van der Waals surface area contributed by atoms with E-state index in [1.165, 1.54) is 4.90 Å². The molecule has 0 aromatic heterocycles. The lowest BCUT2D eigenvalue weighted by atomic mass is 10.2. The van der Waals surface area contributed by atoms with E-state index in [1.54, 1.807) is 13.8 Å². The number of nitrogens with zero attached hydrogens (tertiary/aromatic N) is 1. The summed E-state index contributed by atoms with van der Waals surface area (Å²) >= 11 is 1.00. The zero-order chi connectivity index (χ0) is 11.4. The predicted molar refractivity (Wildman–Crippen MR) is 57.4 cm³/mol. The van der Waals surface area contributed by atoms with E-state index in [1.807, 2.05) is 0 Å². The first-order chi connectivity index (χ1) is 7.02. The summed E-state index contributed by atoms with van der Waals surface area (Å²) in [6.45, 7) is 4.17. The predicted octanol–water partition coefficient (Wildman–Crippen LogP) is 0.454. The molecule has 1 N–H and O–H groups in total. The van der Waals surface area contributed by atoms with Gasteiger partial charge in [0.15, 0.2) is 0 Å². The molecule has 3 amide bonds. The van der Waals surface area contributed by atoms with Crippen LogP contribution < -0.4 is 5.32 Å². The Balaban J connectivity index is 2.28. The van der Waals surface area contributed by atoms with Crippen LogP contribution in [0.4, 0.5) is 4.79 Å². The molecule has 0 aliphatic carbocycles. The third-order valence-corrected chi connectivity index (χ3v) is 2.86. The van der Waals surface area contributed by atoms with Crippen LogP contribution in [0.3, 0.4) is 0 Å². The Bertz CT molecular complexity index is 275. The Morgan fingerprint density at radius 3 is 2.67 bits per heavy atom. The highest BCUT2D eigenvalue weighted by Gasteiger charge is 2.29. The van der Waals surface area contributed by atoms with Crippen molar-refractivity contribution in [3.63, 3.8) is 0 Å². The third-order valence-electron chi connectivity index (χ3n) is 2.00. The van der Waals surface area contributed by atoms with Crippen LogP contribution in [-0.4, -0.2) is 40.8 Å². The summed E-state index contributed by atoms with van der Waals surface area (Å²) in [6.07, 6.45) is 0. The average Bonchev–Trinajstić information content (AvgIpc) is 2.48. The number of imide groups is 1. The van der Waals surface area contributed by atoms with Gasteiger partial charge >= 0.3 is 0 Å². The van der Waals surface area contributed by atoms with Crippen molar-refractivity contribution in [3.05, 3.63) is 0 Å². The smallest absolute Gasteiger partial charge is 0.288 e. The Labute approximate surface area is 92.6 Å². The summed E-state index contributed by atoms with van der Waals surface area (Å²) in [7, 11) is 0. The minimum atomic E-state index is -0.223. The summed E-state index contributed by atoms with van der Waals surface area (Å²) in [4.78, 5) is 34.7. The topological polar surface area (TPSA) is 66.5 Å². The van der Waals surface area contributed by atoms with E-state index >= 15 is 0 Å². The number of hydrogen-bond donors (Lipinski definition) is 1. The zero-order valence-electron chi connectivity index (χ0n) is 8.78. The Morgan fingerprint density at radius 2 is 2.20 bits per heavy atom. The molecule has 0 spiro atoms. The molecule has 15 heavy (non-hydrogen) atoms. The van der Waals surface area contributed by atoms with Gasteiger partial charge in [-0.05, 0) is 0 Å². The van der Waals surface area contributed by atoms with Gasteiger partial charge in [-0.3, -0.25) is 19.3 Å². The molecule has 6 heteroatoms. The quantitative estimate of drug-likeness (QED) is 0.761. The second-order valence-corrected chi connectivity index (χ2v) is 4.47. The minimum absolute atomic E-state index is 0.0678. The lowest BCUT2D eigenvalue weighted by molar-refractivity contribution is -0.126. The molecule has 1 aliphatic heterocycles. The lowest BCUT2D eigenvalue weighted by Gasteiger charge is -2.13. The van der Waals surface area contributed by atoms with Gasteiger partial charge in [0.25, 0.3) is 5.24 Å². The second-order valence-electron chi connectivity index (χ2n) is 3.55. The molecule has 0 radical (unpaired) electrons. The molecule has 1 heterocycles. The number of hydrogen-bond acceptors (Lipinski definition) is 4. The van der Waals surface area contributed by atoms with E-state index in [4.69, 9.17) is 0 Å². The maximum atomic E-state index is 11.2. The van der Waals surface area contributed by atoms with E-state index in [9.17, 15) is 14.4 Å². The molecular weight excluding hydrogens is 216 g/mol. The number of carbonyl (C=O) groups excluding carboxylic acids is 3. The molecule has 0 aromatic rings. The molecule has 0 aromatic carbocycles. The van der Waals surface area contributed by atoms with Crippen molar-refractivity contribution in [1.82, 2.24) is 10.2 Å². The fourth-order valence-electron chi connectivity index (χ4n) is 1.09. The van der Waals surface area contributed by atoms with Gasteiger partial charge in [0, 0.05) is 19.0 Å². The third kappa shape index (κ3) is 3.23. The molecule has 0 saturated carbocycles. The van der Waals surface area contributed by atoms with E-state index < -0.39 is 0 Å². The summed E-state index contributed by atoms with van der Waals surface area (Å²) < 4.78 is 0. The second kappa shape index (κ2) is 5.16. The summed E-state index contributed by atoms with van der Waals surface area (Å²) in [5, 5.41) is 2.43. The first kappa shape index (κ1) is 12.0. The van der Waals surface area contributed by atoms with Crippen LogP contribution in [0, 0.1) is 5.92 Å². The van der Waals surface area contributed by atoms with Gasteiger partial charge in [0.05, 0.1) is 5.75 Å². The van der Waals surface area contributed by atoms with Crippen LogP contribution in [0.2, 0.25) is 0 Å². The first-order valence-corrected chi connectivity index (χ1v) is 5.75. The van der Waals surface area contributed by atoms with Gasteiger partial charge in [-0.25, -0.2) is 0 Å². The van der Waals surface area contributed by atoms with Crippen LogP contribution >= 0.6 is 11.8 Å². The normalized spacial score (nSPS) is 16.3. The van der Waals surface area contributed by atoms with E-state index in [2.05, 4.69) is 5.32 Å². The number of amides is 3. The van der Waals surface area contributed by atoms with Gasteiger partial charge in [-0.1, -0.05) is 25.6 Å². The number of rotatable bonds is 4. The standard InChI is InChI=1S/C9H14N2O3S/c1-6(2)8(13)10-3-4-11-7(12)5-15-9(11)14/h6H,3-5H2,1-2H3,(H,10,13). The molecule has 0 atom stereocenters. The first-order valence-electron chi connectivity index (χ1n) is 4.77. The van der Waals surface area contributed by atoms with E-state index in [0.29, 0.717) is 6.54 Å². The van der Waals surface area contributed by atoms with E-state index in [-0.39, 0.29) is 35.3 Å². The highest BCUT2D eigenvalue weighted by molar-refractivity contribution is 8.14. The van der Waals surface area contributed by atoms with Gasteiger partial charge < -0.3 is 5.32 Å². The van der Waals surface area contributed by atoms with Crippen molar-refractivity contribution >= 4 is 28.8 Å². The Morgan fingerprint density at radius 1 is 1.53 bits per heavy atom. The maximum absolute atomic E-state index is 11.2. The van der Waals surface area contributed by atoms with Crippen LogP contribution in [0.25, 0.3) is 0 Å². The number of thioether (sulfide) groups is 1. The molecule has 1 aliphatic rings. The largest absolute Gasteiger partial charge is 0.354 e. The monoisotopic (exact) mass is 230 g/mol. The Hall–Kier alpha value is -1.04. The summed E-state index contributed by atoms with van der Waals surface area (Å²) in [5.74, 6) is -0.105. The van der Waals surface area contributed by atoms with Crippen molar-refractivity contribution in [2.75, 3.05) is 18.8 Å². The van der Waals surface area contributed by atoms with Crippen molar-refractivity contribution < 1.29 is 14.4 Å². The Kier molecular flexibility index (Phi) is 4.14. The maximum Gasteiger partial charge on any atom is 0.288 e. The fourth-order valence-corrected chi connectivity index (χ4v) is 1.84. The van der Waals surface area contributed by atoms with Gasteiger partial charge in [0.2, 0.25) is 11.8 Å². The van der Waals surface area contributed by atoms with Crippen molar-refractivity contribution in [1.29, 1.82) is 0 Å². The van der Waals surface area contributed by atoms with Gasteiger partial charge in [-0.2, -0.15) is 0 Å². The number of carbonyl (C=O) groups is 3. The van der Waals surface area contributed by atoms with Gasteiger partial charge in [-0.15, -0.1) is 0 Å². The van der Waals surface area contributed by atoms with Crippen molar-refractivity contribution in [2.45, 2.75) is 13.8 Å². The van der Waals surface area contributed by atoms with Crippen LogP contribution in [0.1, 0.15) is 13.8 Å². The summed E-state index contributed by atoms with van der Waals surface area (Å²) in [6, 6.07) is 0. The highest BCUT2D eigenvalue weighted by atomic mass is 32.2. The molecule has 84 valence electrons. The molecular formula is C9H14N2O3S. The molecule has 5 nitrogen and oxygen atoms in total. The van der Waals surface area contributed by atoms with Crippen LogP contribution in [-0.2, 0) is 9.59 Å². The lowest BCUT2D eigenvalue weighted by Crippen LogP contribution is -2.38. The minimum Gasteiger partial charge on any atom is -0.354 e. The molecule has 1 rings (SSSR count). The van der Waals surface area contributed by atoms with Crippen molar-refractivity contribution in [3.8, 4) is 0 Å². The molecule has 0 unspecified atom stereocenters. The molecule has 1 fully saturated rings. The van der Waals surface area contributed by atoms with Gasteiger partial charge in [0.1, 0.15) is 0 Å². The zero-order valence-corrected chi connectivity index (χ0v) is 9.60. The molecule has 1 saturated heterocycles. The van der Waals surface area contributed by atoms with Crippen LogP contribution in [0.5, 0.6) is 0 Å². The van der Waals surface area contributed by atoms with E-state index in [0.717, 1.165) is 11.8 Å². The highest BCUT2D eigenvalue weighted by Crippen LogP contribution is 2.17. The summed E-state index contributed by atoms with van der Waals surface area (Å²) in [5.41, 5.74) is 0. The average molecular weight is 230 g/mol. The molecule has 0 bridgehead atoms.